The third-order valence-electron chi connectivity index (χ3n) is 2.07. The molecule has 1 saturated heterocycles. The van der Waals surface area contributed by atoms with Crippen LogP contribution in [-0.2, 0) is 9.53 Å². The minimum Gasteiger partial charge on any atom is -0.478 e. The van der Waals surface area contributed by atoms with Crippen molar-refractivity contribution >= 4 is 5.97 Å². The van der Waals surface area contributed by atoms with E-state index in [1.54, 1.807) is 0 Å². The minimum absolute atomic E-state index is 0.200. The molecule has 2 N–H and O–H groups in total. The fourth-order valence-corrected chi connectivity index (χ4v) is 1.24. The Hall–Kier alpha value is -0.870. The molecule has 13 heavy (non-hydrogen) atoms. The quantitative estimate of drug-likeness (QED) is 0.622. The van der Waals surface area contributed by atoms with Gasteiger partial charge in [0, 0.05) is 24.8 Å². The van der Waals surface area contributed by atoms with Gasteiger partial charge in [-0.05, 0) is 12.8 Å². The third-order valence-corrected chi connectivity index (χ3v) is 2.07. The van der Waals surface area contributed by atoms with Crippen LogP contribution in [0, 0.1) is 0 Å². The highest BCUT2D eigenvalue weighted by Crippen LogP contribution is 2.05. The summed E-state index contributed by atoms with van der Waals surface area (Å²) in [6, 6.07) is 0.282. The Labute approximate surface area is 77.6 Å². The molecule has 1 unspecified atom stereocenters. The number of carboxylic acids is 1. The number of hydrogen-bond donors (Lipinski definition) is 2. The van der Waals surface area contributed by atoms with E-state index in [1.807, 2.05) is 0 Å². The van der Waals surface area contributed by atoms with Gasteiger partial charge in [0.1, 0.15) is 0 Å². The molecule has 1 heterocycles. The Morgan fingerprint density at radius 2 is 2.46 bits per heavy atom. The summed E-state index contributed by atoms with van der Waals surface area (Å²) in [4.78, 5) is 10.4. The molecule has 0 aliphatic carbocycles. The second-order valence-electron chi connectivity index (χ2n) is 3.20. The van der Waals surface area contributed by atoms with E-state index >= 15 is 0 Å². The molecule has 4 heteroatoms. The second kappa shape index (κ2) is 4.99. The number of aliphatic carboxylic acids is 1. The van der Waals surface area contributed by atoms with Gasteiger partial charge in [-0.15, -0.1) is 0 Å². The lowest BCUT2D eigenvalue weighted by Gasteiger charge is -2.23. The summed E-state index contributed by atoms with van der Waals surface area (Å²) in [5, 5.41) is 11.6. The van der Waals surface area contributed by atoms with Gasteiger partial charge in [0.15, 0.2) is 0 Å². The smallest absolute Gasteiger partial charge is 0.332 e. The lowest BCUT2D eigenvalue weighted by molar-refractivity contribution is -0.132. The maximum atomic E-state index is 10.4. The van der Waals surface area contributed by atoms with Crippen molar-refractivity contribution in [2.75, 3.05) is 19.8 Å². The summed E-state index contributed by atoms with van der Waals surface area (Å²) in [5.41, 5.74) is 0.200. The fraction of sp³-hybridized carbons (Fsp3) is 0.667. The lowest BCUT2D eigenvalue weighted by atomic mass is 10.1. The molecule has 0 aromatic heterocycles. The van der Waals surface area contributed by atoms with Crippen molar-refractivity contribution in [2.45, 2.75) is 18.9 Å². The van der Waals surface area contributed by atoms with Crippen LogP contribution in [0.4, 0.5) is 0 Å². The van der Waals surface area contributed by atoms with Crippen LogP contribution in [0.1, 0.15) is 12.8 Å². The Bertz CT molecular complexity index is 197. The zero-order valence-corrected chi connectivity index (χ0v) is 7.58. The fourth-order valence-electron chi connectivity index (χ4n) is 1.24. The van der Waals surface area contributed by atoms with Crippen molar-refractivity contribution in [1.82, 2.24) is 5.32 Å². The van der Waals surface area contributed by atoms with Gasteiger partial charge in [-0.25, -0.2) is 4.79 Å². The number of rotatable bonds is 4. The predicted molar refractivity (Wildman–Crippen MR) is 48.6 cm³/mol. The molecule has 0 spiro atoms. The van der Waals surface area contributed by atoms with E-state index in [2.05, 4.69) is 11.9 Å². The Morgan fingerprint density at radius 1 is 1.69 bits per heavy atom. The molecule has 0 saturated carbocycles. The standard InChI is InChI=1S/C9H15NO3/c1-7(9(11)12)5-10-8-3-2-4-13-6-8/h8,10H,1-6H2,(H,11,12). The van der Waals surface area contributed by atoms with E-state index in [1.165, 1.54) is 0 Å². The summed E-state index contributed by atoms with van der Waals surface area (Å²) < 4.78 is 5.24. The zero-order chi connectivity index (χ0) is 9.68. The summed E-state index contributed by atoms with van der Waals surface area (Å²) >= 11 is 0. The second-order valence-corrected chi connectivity index (χ2v) is 3.20. The lowest BCUT2D eigenvalue weighted by Crippen LogP contribution is -2.38. The van der Waals surface area contributed by atoms with Crippen LogP contribution in [0.2, 0.25) is 0 Å². The van der Waals surface area contributed by atoms with Gasteiger partial charge < -0.3 is 15.2 Å². The molecule has 1 fully saturated rings. The number of ether oxygens (including phenoxy) is 1. The molecular weight excluding hydrogens is 170 g/mol. The van der Waals surface area contributed by atoms with Crippen LogP contribution in [0.15, 0.2) is 12.2 Å². The zero-order valence-electron chi connectivity index (χ0n) is 7.58. The van der Waals surface area contributed by atoms with Crippen molar-refractivity contribution in [2.24, 2.45) is 0 Å². The van der Waals surface area contributed by atoms with Crippen LogP contribution in [0.3, 0.4) is 0 Å². The summed E-state index contributed by atoms with van der Waals surface area (Å²) in [7, 11) is 0. The van der Waals surface area contributed by atoms with E-state index in [9.17, 15) is 4.79 Å². The minimum atomic E-state index is -0.941. The summed E-state index contributed by atoms with van der Waals surface area (Å²) in [5.74, 6) is -0.941. The van der Waals surface area contributed by atoms with Gasteiger partial charge >= 0.3 is 5.97 Å². The number of hydrogen-bond acceptors (Lipinski definition) is 3. The normalized spacial score (nSPS) is 22.6. The van der Waals surface area contributed by atoms with Crippen molar-refractivity contribution in [3.63, 3.8) is 0 Å². The van der Waals surface area contributed by atoms with Crippen molar-refractivity contribution in [1.29, 1.82) is 0 Å². The molecule has 1 aliphatic rings. The Morgan fingerprint density at radius 3 is 3.00 bits per heavy atom. The molecule has 1 aliphatic heterocycles. The SMILES string of the molecule is C=C(CNC1CCCOC1)C(=O)O. The molecule has 1 atom stereocenters. The highest BCUT2D eigenvalue weighted by Gasteiger charge is 2.14. The van der Waals surface area contributed by atoms with Gasteiger partial charge in [-0.1, -0.05) is 6.58 Å². The maximum Gasteiger partial charge on any atom is 0.332 e. The van der Waals surface area contributed by atoms with Crippen LogP contribution < -0.4 is 5.32 Å². The monoisotopic (exact) mass is 185 g/mol. The van der Waals surface area contributed by atoms with Crippen LogP contribution >= 0.6 is 0 Å². The summed E-state index contributed by atoms with van der Waals surface area (Å²) in [6.45, 7) is 5.26. The largest absolute Gasteiger partial charge is 0.478 e. The number of nitrogens with one attached hydrogen (secondary N) is 1. The third kappa shape index (κ3) is 3.57. The topological polar surface area (TPSA) is 58.6 Å². The van der Waals surface area contributed by atoms with Gasteiger partial charge in [-0.2, -0.15) is 0 Å². The molecule has 0 radical (unpaired) electrons. The molecule has 0 bridgehead atoms. The van der Waals surface area contributed by atoms with E-state index in [0.717, 1.165) is 19.4 Å². The first-order chi connectivity index (χ1) is 6.20. The molecule has 0 amide bonds. The first-order valence-electron chi connectivity index (χ1n) is 4.42. The van der Waals surface area contributed by atoms with Crippen LogP contribution in [0.25, 0.3) is 0 Å². The predicted octanol–water partition coefficient (Wildman–Crippen LogP) is 0.396. The highest BCUT2D eigenvalue weighted by molar-refractivity contribution is 5.86. The molecular formula is C9H15NO3. The van der Waals surface area contributed by atoms with Gasteiger partial charge in [0.2, 0.25) is 0 Å². The number of carbonyl (C=O) groups is 1. The van der Waals surface area contributed by atoms with Crippen molar-refractivity contribution in [3.05, 3.63) is 12.2 Å². The van der Waals surface area contributed by atoms with Crippen LogP contribution in [-0.4, -0.2) is 36.9 Å². The highest BCUT2D eigenvalue weighted by atomic mass is 16.5. The first-order valence-corrected chi connectivity index (χ1v) is 4.42. The van der Waals surface area contributed by atoms with Gasteiger partial charge in [-0.3, -0.25) is 0 Å². The van der Waals surface area contributed by atoms with Gasteiger partial charge in [0.05, 0.1) is 6.61 Å². The average Bonchev–Trinajstić information content (AvgIpc) is 2.15. The molecule has 4 nitrogen and oxygen atoms in total. The van der Waals surface area contributed by atoms with E-state index < -0.39 is 5.97 Å². The Balaban J connectivity index is 2.17. The molecule has 74 valence electrons. The molecule has 0 aromatic rings. The van der Waals surface area contributed by atoms with Crippen molar-refractivity contribution < 1.29 is 14.6 Å². The van der Waals surface area contributed by atoms with E-state index in [4.69, 9.17) is 9.84 Å². The first kappa shape index (κ1) is 10.2. The van der Waals surface area contributed by atoms with E-state index in [0.29, 0.717) is 13.2 Å². The maximum absolute atomic E-state index is 10.4. The van der Waals surface area contributed by atoms with Crippen LogP contribution in [0.5, 0.6) is 0 Å². The average molecular weight is 185 g/mol. The summed E-state index contributed by atoms with van der Waals surface area (Å²) in [6.07, 6.45) is 2.09. The molecule has 1 rings (SSSR count). The van der Waals surface area contributed by atoms with E-state index in [-0.39, 0.29) is 11.6 Å². The van der Waals surface area contributed by atoms with Gasteiger partial charge in [0.25, 0.3) is 0 Å². The molecule has 0 aromatic carbocycles. The van der Waals surface area contributed by atoms with Crippen molar-refractivity contribution in [3.8, 4) is 0 Å². The number of carboxylic acid groups (broad SMARTS) is 1. The Kier molecular flexibility index (Phi) is 3.92.